The molecule has 0 atom stereocenters. The van der Waals surface area contributed by atoms with Gasteiger partial charge < -0.3 is 14.7 Å². The number of benzene rings is 2. The second kappa shape index (κ2) is 8.44. The normalized spacial score (nSPS) is 15.9. The molecule has 0 radical (unpaired) electrons. The number of guanidine groups is 1. The van der Waals surface area contributed by atoms with Gasteiger partial charge in [0.25, 0.3) is 0 Å². The standard InChI is InChI=1S/C22H27N5O/c1-17-14-20(25-28-17)16-26-10-12-27(13-11-26)22(23-2)24-15-19-8-5-7-18-6-3-4-9-21(18)19/h3-9,14H,10-13,15-16H2,1-2H3,(H,23,24). The molecular weight excluding hydrogens is 350 g/mol. The van der Waals surface area contributed by atoms with Crippen LogP contribution in [-0.4, -0.2) is 54.1 Å². The molecule has 0 saturated carbocycles. The van der Waals surface area contributed by atoms with E-state index in [1.54, 1.807) is 0 Å². The Hall–Kier alpha value is -2.86. The Morgan fingerprint density at radius 2 is 1.89 bits per heavy atom. The lowest BCUT2D eigenvalue weighted by molar-refractivity contribution is 0.169. The third kappa shape index (κ3) is 4.17. The van der Waals surface area contributed by atoms with Crippen LogP contribution >= 0.6 is 0 Å². The van der Waals surface area contributed by atoms with Gasteiger partial charge in [0.1, 0.15) is 5.76 Å². The molecule has 1 aliphatic rings. The Bertz CT molecular complexity index is 951. The van der Waals surface area contributed by atoms with Gasteiger partial charge in [0.2, 0.25) is 0 Å². The molecule has 2 heterocycles. The molecule has 28 heavy (non-hydrogen) atoms. The molecule has 0 unspecified atom stereocenters. The van der Waals surface area contributed by atoms with Crippen molar-refractivity contribution in [1.82, 2.24) is 20.3 Å². The number of aromatic nitrogens is 1. The summed E-state index contributed by atoms with van der Waals surface area (Å²) in [5, 5.41) is 10.2. The zero-order valence-electron chi connectivity index (χ0n) is 16.6. The van der Waals surface area contributed by atoms with Crippen LogP contribution in [-0.2, 0) is 13.1 Å². The van der Waals surface area contributed by atoms with Crippen LogP contribution < -0.4 is 5.32 Å². The Labute approximate surface area is 165 Å². The fourth-order valence-corrected chi connectivity index (χ4v) is 3.79. The average molecular weight is 377 g/mol. The molecule has 0 aliphatic carbocycles. The highest BCUT2D eigenvalue weighted by Gasteiger charge is 2.20. The van der Waals surface area contributed by atoms with E-state index < -0.39 is 0 Å². The summed E-state index contributed by atoms with van der Waals surface area (Å²) in [4.78, 5) is 9.24. The molecular formula is C22H27N5O. The van der Waals surface area contributed by atoms with E-state index in [-0.39, 0.29) is 0 Å². The highest BCUT2D eigenvalue weighted by atomic mass is 16.5. The van der Waals surface area contributed by atoms with E-state index in [4.69, 9.17) is 4.52 Å². The molecule has 1 fully saturated rings. The molecule has 146 valence electrons. The predicted molar refractivity (Wildman–Crippen MR) is 112 cm³/mol. The van der Waals surface area contributed by atoms with E-state index in [1.165, 1.54) is 16.3 Å². The van der Waals surface area contributed by atoms with E-state index in [1.807, 2.05) is 20.0 Å². The number of rotatable bonds is 4. The van der Waals surface area contributed by atoms with Crippen LogP contribution in [0.5, 0.6) is 0 Å². The molecule has 1 saturated heterocycles. The zero-order valence-corrected chi connectivity index (χ0v) is 16.6. The topological polar surface area (TPSA) is 56.9 Å². The number of piperazine rings is 1. The van der Waals surface area contributed by atoms with Gasteiger partial charge in [-0.15, -0.1) is 0 Å². The number of hydrogen-bond donors (Lipinski definition) is 1. The first-order valence-corrected chi connectivity index (χ1v) is 9.80. The fourth-order valence-electron chi connectivity index (χ4n) is 3.79. The zero-order chi connectivity index (χ0) is 19.3. The summed E-state index contributed by atoms with van der Waals surface area (Å²) < 4.78 is 5.17. The minimum absolute atomic E-state index is 0.770. The van der Waals surface area contributed by atoms with Crippen molar-refractivity contribution in [3.05, 3.63) is 65.5 Å². The molecule has 0 spiro atoms. The van der Waals surface area contributed by atoms with Crippen molar-refractivity contribution in [2.45, 2.75) is 20.0 Å². The van der Waals surface area contributed by atoms with Crippen LogP contribution in [0.2, 0.25) is 0 Å². The van der Waals surface area contributed by atoms with Crippen LogP contribution in [0, 0.1) is 6.92 Å². The van der Waals surface area contributed by atoms with Crippen molar-refractivity contribution in [2.75, 3.05) is 33.2 Å². The predicted octanol–water partition coefficient (Wildman–Crippen LogP) is 3.03. The first-order chi connectivity index (χ1) is 13.7. The van der Waals surface area contributed by atoms with Crippen LogP contribution in [0.15, 0.2) is 58.0 Å². The van der Waals surface area contributed by atoms with Crippen molar-refractivity contribution in [2.24, 2.45) is 4.99 Å². The van der Waals surface area contributed by atoms with Gasteiger partial charge in [-0.25, -0.2) is 0 Å². The molecule has 1 aromatic heterocycles. The molecule has 3 aromatic rings. The summed E-state index contributed by atoms with van der Waals surface area (Å²) >= 11 is 0. The van der Waals surface area contributed by atoms with Crippen LogP contribution in [0.25, 0.3) is 10.8 Å². The summed E-state index contributed by atoms with van der Waals surface area (Å²) in [6.07, 6.45) is 0. The Morgan fingerprint density at radius 3 is 2.64 bits per heavy atom. The first kappa shape index (κ1) is 18.5. The van der Waals surface area contributed by atoms with E-state index in [0.717, 1.165) is 56.7 Å². The van der Waals surface area contributed by atoms with Gasteiger partial charge >= 0.3 is 0 Å². The Kier molecular flexibility index (Phi) is 5.58. The Morgan fingerprint density at radius 1 is 1.11 bits per heavy atom. The van der Waals surface area contributed by atoms with Crippen LogP contribution in [0.3, 0.4) is 0 Å². The number of aliphatic imine (C=N–C) groups is 1. The SMILES string of the molecule is CN=C(NCc1cccc2ccccc12)N1CCN(Cc2cc(C)on2)CC1. The van der Waals surface area contributed by atoms with E-state index >= 15 is 0 Å². The van der Waals surface area contributed by atoms with E-state index in [2.05, 4.69) is 67.7 Å². The summed E-state index contributed by atoms with van der Waals surface area (Å²) in [5.74, 6) is 1.83. The van der Waals surface area contributed by atoms with Gasteiger partial charge in [-0.3, -0.25) is 9.89 Å². The largest absolute Gasteiger partial charge is 0.361 e. The number of nitrogens with one attached hydrogen (secondary N) is 1. The van der Waals surface area contributed by atoms with Crippen LogP contribution in [0.1, 0.15) is 17.0 Å². The summed E-state index contributed by atoms with van der Waals surface area (Å²) in [6, 6.07) is 17.0. The molecule has 6 nitrogen and oxygen atoms in total. The lowest BCUT2D eigenvalue weighted by Crippen LogP contribution is -2.52. The maximum Gasteiger partial charge on any atom is 0.194 e. The van der Waals surface area contributed by atoms with Gasteiger partial charge in [0.15, 0.2) is 5.96 Å². The van der Waals surface area contributed by atoms with Crippen molar-refractivity contribution < 1.29 is 4.52 Å². The summed E-state index contributed by atoms with van der Waals surface area (Å²) in [5.41, 5.74) is 2.30. The highest BCUT2D eigenvalue weighted by molar-refractivity contribution is 5.86. The van der Waals surface area contributed by atoms with Crippen molar-refractivity contribution in [1.29, 1.82) is 0 Å². The first-order valence-electron chi connectivity index (χ1n) is 9.80. The third-order valence-electron chi connectivity index (χ3n) is 5.26. The van der Waals surface area contributed by atoms with E-state index in [9.17, 15) is 0 Å². The molecule has 6 heteroatoms. The number of fused-ring (bicyclic) bond motifs is 1. The summed E-state index contributed by atoms with van der Waals surface area (Å²) in [7, 11) is 1.86. The minimum atomic E-state index is 0.770. The number of aryl methyl sites for hydroxylation is 1. The minimum Gasteiger partial charge on any atom is -0.361 e. The summed E-state index contributed by atoms with van der Waals surface area (Å²) in [6.45, 7) is 7.42. The van der Waals surface area contributed by atoms with Gasteiger partial charge in [-0.2, -0.15) is 0 Å². The van der Waals surface area contributed by atoms with E-state index in [0.29, 0.717) is 0 Å². The molecule has 4 rings (SSSR count). The lowest BCUT2D eigenvalue weighted by atomic mass is 10.0. The smallest absolute Gasteiger partial charge is 0.194 e. The number of nitrogens with zero attached hydrogens (tertiary/aromatic N) is 4. The van der Waals surface area contributed by atoms with Crippen molar-refractivity contribution >= 4 is 16.7 Å². The maximum atomic E-state index is 5.17. The second-order valence-electron chi connectivity index (χ2n) is 7.23. The second-order valence-corrected chi connectivity index (χ2v) is 7.23. The molecule has 2 aromatic carbocycles. The number of hydrogen-bond acceptors (Lipinski definition) is 4. The molecule has 1 aliphatic heterocycles. The molecule has 1 N–H and O–H groups in total. The fraction of sp³-hybridized carbons (Fsp3) is 0.364. The average Bonchev–Trinajstić information content (AvgIpc) is 3.14. The maximum absolute atomic E-state index is 5.17. The quantitative estimate of drug-likeness (QED) is 0.559. The highest BCUT2D eigenvalue weighted by Crippen LogP contribution is 2.18. The van der Waals surface area contributed by atoms with Crippen molar-refractivity contribution in [3.8, 4) is 0 Å². The van der Waals surface area contributed by atoms with Gasteiger partial charge in [-0.1, -0.05) is 47.6 Å². The monoisotopic (exact) mass is 377 g/mol. The van der Waals surface area contributed by atoms with Gasteiger partial charge in [0, 0.05) is 52.4 Å². The Balaban J connectivity index is 1.33. The van der Waals surface area contributed by atoms with Crippen LogP contribution in [0.4, 0.5) is 0 Å². The molecule has 0 amide bonds. The molecule has 0 bridgehead atoms. The van der Waals surface area contributed by atoms with Crippen molar-refractivity contribution in [3.63, 3.8) is 0 Å². The lowest BCUT2D eigenvalue weighted by Gasteiger charge is -2.36. The third-order valence-corrected chi connectivity index (χ3v) is 5.26. The van der Waals surface area contributed by atoms with Gasteiger partial charge in [0.05, 0.1) is 5.69 Å². The van der Waals surface area contributed by atoms with Gasteiger partial charge in [-0.05, 0) is 23.3 Å².